The van der Waals surface area contributed by atoms with Crippen LogP contribution in [-0.4, -0.2) is 192 Å². The van der Waals surface area contributed by atoms with E-state index >= 15 is 0 Å². The number of carboxylic acid groups (broad SMARTS) is 3. The van der Waals surface area contributed by atoms with Gasteiger partial charge in [-0.1, -0.05) is 164 Å². The first-order valence-corrected chi connectivity index (χ1v) is 40.8. The number of benzene rings is 5. The fourth-order valence-corrected chi connectivity index (χ4v) is 12.7. The minimum atomic E-state index is -4.73. The van der Waals surface area contributed by atoms with Crippen LogP contribution in [-0.2, 0) is 66.4 Å². The van der Waals surface area contributed by atoms with Crippen molar-refractivity contribution in [1.29, 1.82) is 0 Å². The number of thioether (sulfide) groups is 2. The number of alkyl halides is 12. The average Bonchev–Trinajstić information content (AvgIpc) is 1.67. The average molecular weight is 2040 g/mol. The van der Waals surface area contributed by atoms with E-state index in [0.29, 0.717) is 54.3 Å². The molecule has 5 aromatic carbocycles. The number of hydrogen-bond acceptors (Lipinski definition) is 18. The van der Waals surface area contributed by atoms with E-state index in [2.05, 4.69) is 90.2 Å². The summed E-state index contributed by atoms with van der Waals surface area (Å²) in [7, 11) is 0. The number of esters is 1. The number of nitrogens with two attached hydrogens (primary N) is 1. The van der Waals surface area contributed by atoms with E-state index in [1.54, 1.807) is 43.0 Å². The van der Waals surface area contributed by atoms with Crippen molar-refractivity contribution in [2.45, 2.75) is 235 Å². The van der Waals surface area contributed by atoms with Gasteiger partial charge in [0.2, 0.25) is 5.91 Å². The van der Waals surface area contributed by atoms with E-state index in [1.807, 2.05) is 45.0 Å². The van der Waals surface area contributed by atoms with Gasteiger partial charge < -0.3 is 77.3 Å². The van der Waals surface area contributed by atoms with Gasteiger partial charge in [-0.2, -0.15) is 39.5 Å². The second-order valence-electron chi connectivity index (χ2n) is 27.2. The SMILES string of the molecule is C.C.C.C.C.C.C.C.C=C(C)C(=O)N1CCC[C@H]1C(=O)O.CC.C[C@@](O)(CBr)C(=O)O.C[C@]1(CBr)OC(=O)[C@@H]2CCCN2C1=O.O=C(O)[C@@H]1CCCN1.[C-]#[N+]c1ccc(NC(=O)[C@](C)(O)CBr)cc1C(F)(F)F.[C-]#[N+]c1ccc(NC(=O)[C@](C)(O)CSc2ccc(N)cc2)cc1C(F)(F)F.[C-]#[N+]c1ccc(NC(=O)[C@](C)(O)CSc2cccc(C)c2)cc1C(F)(F)F. The molecule has 0 unspecified atom stereocenters. The van der Waals surface area contributed by atoms with Gasteiger partial charge in [-0.3, -0.25) is 28.8 Å². The number of carbonyl (C=O) groups excluding carboxylic acids is 6. The summed E-state index contributed by atoms with van der Waals surface area (Å²) in [5.41, 5.74) is -5.95. The van der Waals surface area contributed by atoms with Crippen molar-refractivity contribution in [3.8, 4) is 0 Å². The maximum absolute atomic E-state index is 13.0. The van der Waals surface area contributed by atoms with Crippen LogP contribution in [0.1, 0.15) is 176 Å². The third-order valence-corrected chi connectivity index (χ3v) is 22.6. The molecule has 127 heavy (non-hydrogen) atoms. The zero-order valence-electron chi connectivity index (χ0n) is 65.5. The molecule has 0 bridgehead atoms. The number of ether oxygens (including phenoxy) is 1. The van der Waals surface area contributed by atoms with Crippen molar-refractivity contribution in [3.63, 3.8) is 0 Å². The number of nitrogen functional groups attached to an aromatic ring is 1. The van der Waals surface area contributed by atoms with Crippen molar-refractivity contribution < 1.29 is 123 Å². The quantitative estimate of drug-likeness (QED) is 0.00695. The van der Waals surface area contributed by atoms with Crippen LogP contribution in [0.4, 0.5) is 79.3 Å². The van der Waals surface area contributed by atoms with E-state index in [4.69, 9.17) is 50.6 Å². The number of anilines is 4. The van der Waals surface area contributed by atoms with Crippen LogP contribution in [0.2, 0.25) is 0 Å². The molecule has 5 amide bonds. The smallest absolute Gasteiger partial charge is 0.407 e. The molecular weight excluding hydrogens is 1920 g/mol. The van der Waals surface area contributed by atoms with E-state index < -0.39 is 122 Å². The van der Waals surface area contributed by atoms with Crippen molar-refractivity contribution >= 4 is 165 Å². The van der Waals surface area contributed by atoms with Crippen LogP contribution in [0.15, 0.2) is 125 Å². The number of amides is 5. The van der Waals surface area contributed by atoms with E-state index in [0.717, 1.165) is 72.2 Å². The molecule has 4 aliphatic heterocycles. The summed E-state index contributed by atoms with van der Waals surface area (Å²) in [6.45, 7) is 40.1. The van der Waals surface area contributed by atoms with Crippen LogP contribution < -0.4 is 27.0 Å². The largest absolute Gasteiger partial charge is 0.480 e. The Bertz CT molecular complexity index is 4520. The fourth-order valence-electron chi connectivity index (χ4n) is 9.96. The summed E-state index contributed by atoms with van der Waals surface area (Å²) >= 11 is 11.4. The minimum absolute atomic E-state index is 0. The molecule has 0 radical (unpaired) electrons. The number of aliphatic carboxylic acids is 3. The number of likely N-dealkylation sites (tertiary alicyclic amines) is 1. The number of fused-ring (bicyclic) bond motifs is 1. The number of nitrogens with zero attached hydrogens (tertiary/aromatic N) is 5. The molecule has 0 aliphatic carbocycles. The Balaban J connectivity index is -0.000000271. The highest BCUT2D eigenvalue weighted by Crippen LogP contribution is 2.42. The first-order chi connectivity index (χ1) is 55.1. The topological polar surface area (TPSA) is 398 Å². The van der Waals surface area contributed by atoms with E-state index in [1.165, 1.54) is 74.3 Å². The van der Waals surface area contributed by atoms with Crippen molar-refractivity contribution in [3.05, 3.63) is 172 Å². The standard InChI is InChI=1S/C19H17F3N2O2S.C18H16F3N3O2S.C12H10BrF3N2O2.C9H12BrNO3.C9H13NO3.C5H9NO2.C4H7BrO3.C2H6.8CH4/c1-12-5-4-6-14(9-12)27-11-18(2,26)17(25)24-13-7-8-16(23-3)15(10-13)19(20,21)22;1-17(26,10-27-13-6-3-11(22)4-7-13)16(25)24-12-5-8-15(23-2)14(9-12)18(19,20)21;1-11(20,6-13)10(19)18-7-3-4-9(17-2)8(5-7)12(14,15)16;1-9(5-10)8(13)11-4-2-3-6(11)7(12)14-9;1-6(2)8(11)10-5-3-4-7(10)9(12)13;7-5(8)4-2-1-3-6-4;1-4(8,2-5)3(6)7;1-2;;;;;;;;/h4-10,26H,11H2,1-2H3,(H,24,25);3-9,26H,10,22H2,1H3,(H,24,25);3-5,20H,6H2,1H3,(H,18,19);6H,2-5H2,1H3;7H,1,3-5H2,2H3,(H,12,13);4,6H,1-3H2,(H,7,8);8H,2H2,1H3,(H,6,7);1-2H3;8*1H4/t18-;17-;11-;6-,9+;7-;2*4-;;;;;;;;;/m1110001........./s1. The monoisotopic (exact) mass is 2040 g/mol. The molecule has 4 fully saturated rings. The molecule has 5 aromatic rings. The number of aliphatic hydroxyl groups is 4. The Morgan fingerprint density at radius 3 is 1.28 bits per heavy atom. The number of morpholine rings is 1. The lowest BCUT2D eigenvalue weighted by atomic mass is 10.0. The lowest BCUT2D eigenvalue weighted by Gasteiger charge is -2.39. The molecule has 8 atom stereocenters. The second-order valence-corrected chi connectivity index (χ2v) is 31.0. The first-order valence-electron chi connectivity index (χ1n) is 35.5. The van der Waals surface area contributed by atoms with Crippen LogP contribution in [0.5, 0.6) is 0 Å². The summed E-state index contributed by atoms with van der Waals surface area (Å²) in [6.07, 6.45) is -9.42. The molecule has 0 spiro atoms. The molecule has 4 heterocycles. The number of aryl methyl sites for hydroxylation is 1. The zero-order chi connectivity index (χ0) is 91.2. The van der Waals surface area contributed by atoms with E-state index in [-0.39, 0.29) is 129 Å². The molecule has 9 rings (SSSR count). The number of cyclic esters (lactones) is 1. The van der Waals surface area contributed by atoms with Gasteiger partial charge in [0, 0.05) is 73.4 Å². The van der Waals surface area contributed by atoms with Crippen molar-refractivity contribution in [1.82, 2.24) is 15.1 Å². The Labute approximate surface area is 773 Å². The maximum atomic E-state index is 13.0. The van der Waals surface area contributed by atoms with Gasteiger partial charge in [-0.25, -0.2) is 28.9 Å². The highest BCUT2D eigenvalue weighted by molar-refractivity contribution is 9.09. The molecule has 714 valence electrons. The first kappa shape index (κ1) is 131. The Kier molecular flexibility index (Phi) is 60.0. The van der Waals surface area contributed by atoms with Gasteiger partial charge in [0.25, 0.3) is 23.6 Å². The normalized spacial score (nSPS) is 17.2. The number of carboxylic acids is 3. The highest BCUT2D eigenvalue weighted by Gasteiger charge is 2.51. The number of halogens is 12. The third-order valence-electron chi connectivity index (χ3n) is 16.7. The number of hydrogen-bond donors (Lipinski definition) is 12. The van der Waals surface area contributed by atoms with Crippen LogP contribution in [0, 0.1) is 26.6 Å². The van der Waals surface area contributed by atoms with Crippen molar-refractivity contribution in [2.24, 2.45) is 0 Å². The molecular formula is C86H122Br3F9N10O17S2. The van der Waals surface area contributed by atoms with Crippen LogP contribution in [0.3, 0.4) is 0 Å². The van der Waals surface area contributed by atoms with Gasteiger partial charge in [-0.05, 0) is 166 Å². The summed E-state index contributed by atoms with van der Waals surface area (Å²) in [4.78, 5) is 115. The third kappa shape index (κ3) is 41.3. The van der Waals surface area contributed by atoms with Gasteiger partial charge >= 0.3 is 42.4 Å². The van der Waals surface area contributed by atoms with Crippen LogP contribution >= 0.6 is 71.3 Å². The number of rotatable bonds is 19. The number of carbonyl (C=O) groups is 9. The molecule has 0 saturated carbocycles. The maximum Gasteiger partial charge on any atom is 0.407 e. The molecule has 41 heteroatoms. The Hall–Kier alpha value is -9.35. The highest BCUT2D eigenvalue weighted by atomic mass is 79.9. The van der Waals surface area contributed by atoms with Crippen molar-refractivity contribution in [2.75, 3.05) is 68.8 Å². The predicted molar refractivity (Wildman–Crippen MR) is 494 cm³/mol. The lowest BCUT2D eigenvalue weighted by molar-refractivity contribution is -0.185. The molecule has 13 N–H and O–H groups in total. The summed E-state index contributed by atoms with van der Waals surface area (Å²) in [6, 6.07) is 21.6. The fraction of sp³-hybridized carbons (Fsp3) is 0.488. The summed E-state index contributed by atoms with van der Waals surface area (Å²) in [5, 5.41) is 74.4. The van der Waals surface area contributed by atoms with Gasteiger partial charge in [0.1, 0.15) is 34.9 Å². The second kappa shape index (κ2) is 58.3. The summed E-state index contributed by atoms with van der Waals surface area (Å²) in [5.74, 6) is -5.96. The molecule has 4 saturated heterocycles. The van der Waals surface area contributed by atoms with E-state index in [9.17, 15) is 98.0 Å². The van der Waals surface area contributed by atoms with Gasteiger partial charge in [-0.15, -0.1) is 23.5 Å². The summed E-state index contributed by atoms with van der Waals surface area (Å²) < 4.78 is 121. The van der Waals surface area contributed by atoms with Gasteiger partial charge in [0.05, 0.1) is 41.7 Å². The molecule has 4 aliphatic rings. The zero-order valence-corrected chi connectivity index (χ0v) is 71.9. The van der Waals surface area contributed by atoms with Crippen LogP contribution in [0.25, 0.3) is 14.5 Å². The molecule has 0 aromatic heterocycles. The predicted octanol–water partition coefficient (Wildman–Crippen LogP) is 20.2. The number of nitrogens with one attached hydrogen (secondary N) is 4. The minimum Gasteiger partial charge on any atom is -0.480 e. The lowest BCUT2D eigenvalue weighted by Crippen LogP contribution is -2.60. The Morgan fingerprint density at radius 2 is 0.969 bits per heavy atom. The van der Waals surface area contributed by atoms with Gasteiger partial charge in [0.15, 0.2) is 28.3 Å². The molecule has 27 nitrogen and oxygen atoms in total. The Morgan fingerprint density at radius 1 is 0.575 bits per heavy atom.